The highest BCUT2D eigenvalue weighted by molar-refractivity contribution is 5.91. The predicted molar refractivity (Wildman–Crippen MR) is 92.3 cm³/mol. The van der Waals surface area contributed by atoms with Gasteiger partial charge in [0.15, 0.2) is 0 Å². The lowest BCUT2D eigenvalue weighted by Gasteiger charge is -2.28. The minimum atomic E-state index is -0.443. The van der Waals surface area contributed by atoms with E-state index >= 15 is 0 Å². The van der Waals surface area contributed by atoms with Crippen LogP contribution in [0.4, 0.5) is 16.2 Å². The fourth-order valence-electron chi connectivity index (χ4n) is 3.60. The number of hydrogen-bond donors (Lipinski definition) is 1. The number of non-ortho nitro benzene ring substituents is 1. The first kappa shape index (κ1) is 16.7. The molecular weight excluding hydrogens is 308 g/mol. The van der Waals surface area contributed by atoms with E-state index in [0.29, 0.717) is 5.69 Å². The van der Waals surface area contributed by atoms with Crippen molar-refractivity contribution in [2.45, 2.75) is 38.6 Å². The number of anilines is 1. The molecule has 1 atom stereocenters. The number of nitrogens with zero attached hydrogens (tertiary/aromatic N) is 3. The lowest BCUT2D eigenvalue weighted by atomic mass is 10.2. The zero-order valence-corrected chi connectivity index (χ0v) is 14.0. The third-order valence-electron chi connectivity index (χ3n) is 4.98. The van der Waals surface area contributed by atoms with Gasteiger partial charge in [-0.05, 0) is 51.3 Å². The molecule has 0 spiro atoms. The normalized spacial score (nSPS) is 21.2. The number of carbonyl (C=O) groups is 1. The van der Waals surface area contributed by atoms with Crippen LogP contribution in [0, 0.1) is 17.0 Å². The molecule has 2 fully saturated rings. The number of urea groups is 1. The molecule has 2 aliphatic rings. The number of carbonyl (C=O) groups excluding carboxylic acids is 1. The van der Waals surface area contributed by atoms with Gasteiger partial charge in [0.2, 0.25) is 0 Å². The summed E-state index contributed by atoms with van der Waals surface area (Å²) >= 11 is 0. The third-order valence-corrected chi connectivity index (χ3v) is 4.98. The molecule has 7 heteroatoms. The Morgan fingerprint density at radius 3 is 2.75 bits per heavy atom. The maximum absolute atomic E-state index is 12.7. The van der Waals surface area contributed by atoms with Gasteiger partial charge in [-0.2, -0.15) is 0 Å². The van der Waals surface area contributed by atoms with Gasteiger partial charge in [-0.25, -0.2) is 4.79 Å². The summed E-state index contributed by atoms with van der Waals surface area (Å²) in [5.74, 6) is 0. The van der Waals surface area contributed by atoms with Gasteiger partial charge in [-0.1, -0.05) is 6.07 Å². The number of likely N-dealkylation sites (tertiary alicyclic amines) is 2. The Balaban J connectivity index is 1.67. The van der Waals surface area contributed by atoms with Gasteiger partial charge in [0, 0.05) is 31.3 Å². The summed E-state index contributed by atoms with van der Waals surface area (Å²) in [7, 11) is 0. The monoisotopic (exact) mass is 332 g/mol. The second-order valence-corrected chi connectivity index (χ2v) is 6.68. The Bertz CT molecular complexity index is 628. The van der Waals surface area contributed by atoms with E-state index in [1.807, 2.05) is 11.8 Å². The highest BCUT2D eigenvalue weighted by Crippen LogP contribution is 2.25. The summed E-state index contributed by atoms with van der Waals surface area (Å²) in [6, 6.07) is 4.64. The van der Waals surface area contributed by atoms with Crippen molar-refractivity contribution >= 4 is 17.4 Å². The van der Waals surface area contributed by atoms with Gasteiger partial charge >= 0.3 is 6.03 Å². The number of benzene rings is 1. The molecule has 2 heterocycles. The molecule has 0 aromatic heterocycles. The van der Waals surface area contributed by atoms with Gasteiger partial charge in [-0.3, -0.25) is 10.1 Å². The van der Waals surface area contributed by atoms with E-state index in [1.165, 1.54) is 25.0 Å². The molecule has 7 nitrogen and oxygen atoms in total. The summed E-state index contributed by atoms with van der Waals surface area (Å²) in [5.41, 5.74) is 1.33. The first-order valence-electron chi connectivity index (χ1n) is 8.59. The minimum absolute atomic E-state index is 0.00839. The van der Waals surface area contributed by atoms with Crippen molar-refractivity contribution in [2.24, 2.45) is 0 Å². The van der Waals surface area contributed by atoms with Gasteiger partial charge < -0.3 is 15.1 Å². The SMILES string of the molecule is Cc1ccc([N+](=O)[O-])cc1NC(=O)N1CCC[C@@H]1CN1CCCC1. The van der Waals surface area contributed by atoms with Crippen molar-refractivity contribution in [1.29, 1.82) is 0 Å². The Kier molecular flexibility index (Phi) is 4.99. The minimum Gasteiger partial charge on any atom is -0.320 e. The van der Waals surface area contributed by atoms with Crippen LogP contribution >= 0.6 is 0 Å². The topological polar surface area (TPSA) is 78.7 Å². The lowest BCUT2D eigenvalue weighted by Crippen LogP contribution is -2.44. The molecule has 130 valence electrons. The molecule has 3 rings (SSSR count). The molecule has 1 aromatic carbocycles. The van der Waals surface area contributed by atoms with Crippen molar-refractivity contribution in [3.05, 3.63) is 33.9 Å². The van der Waals surface area contributed by atoms with Crippen LogP contribution < -0.4 is 5.32 Å². The van der Waals surface area contributed by atoms with Crippen LogP contribution in [0.3, 0.4) is 0 Å². The zero-order chi connectivity index (χ0) is 17.1. The van der Waals surface area contributed by atoms with Gasteiger partial charge in [0.05, 0.1) is 10.6 Å². The summed E-state index contributed by atoms with van der Waals surface area (Å²) in [5, 5.41) is 13.8. The van der Waals surface area contributed by atoms with Crippen molar-refractivity contribution < 1.29 is 9.72 Å². The molecule has 1 aromatic rings. The molecule has 1 N–H and O–H groups in total. The average molecular weight is 332 g/mol. The molecule has 2 saturated heterocycles. The summed E-state index contributed by atoms with van der Waals surface area (Å²) in [6.07, 6.45) is 4.52. The van der Waals surface area contributed by atoms with Crippen molar-refractivity contribution in [2.75, 3.05) is 31.5 Å². The Hall–Kier alpha value is -2.15. The Labute approximate surface area is 141 Å². The molecule has 0 unspecified atom stereocenters. The molecule has 0 aliphatic carbocycles. The number of nitro benzene ring substituents is 1. The van der Waals surface area contributed by atoms with Gasteiger partial charge in [0.1, 0.15) is 0 Å². The van der Waals surface area contributed by atoms with Crippen molar-refractivity contribution in [1.82, 2.24) is 9.80 Å². The fraction of sp³-hybridized carbons (Fsp3) is 0.588. The first-order valence-corrected chi connectivity index (χ1v) is 8.59. The second-order valence-electron chi connectivity index (χ2n) is 6.68. The largest absolute Gasteiger partial charge is 0.322 e. The molecular formula is C17H24N4O3. The van der Waals surface area contributed by atoms with E-state index in [9.17, 15) is 14.9 Å². The maximum atomic E-state index is 12.7. The molecule has 2 amide bonds. The molecule has 0 saturated carbocycles. The molecule has 24 heavy (non-hydrogen) atoms. The lowest BCUT2D eigenvalue weighted by molar-refractivity contribution is -0.384. The van der Waals surface area contributed by atoms with Crippen LogP contribution in [0.15, 0.2) is 18.2 Å². The van der Waals surface area contributed by atoms with Crippen LogP contribution in [0.5, 0.6) is 0 Å². The summed E-state index contributed by atoms with van der Waals surface area (Å²) in [6.45, 7) is 5.76. The number of amides is 2. The zero-order valence-electron chi connectivity index (χ0n) is 14.0. The van der Waals surface area contributed by atoms with E-state index < -0.39 is 4.92 Å². The quantitative estimate of drug-likeness (QED) is 0.679. The van der Waals surface area contributed by atoms with Gasteiger partial charge in [0.25, 0.3) is 5.69 Å². The Morgan fingerprint density at radius 2 is 2.04 bits per heavy atom. The summed E-state index contributed by atoms with van der Waals surface area (Å²) < 4.78 is 0. The van der Waals surface area contributed by atoms with Crippen molar-refractivity contribution in [3.63, 3.8) is 0 Å². The fourth-order valence-corrected chi connectivity index (χ4v) is 3.60. The van der Waals surface area contributed by atoms with E-state index in [1.54, 1.807) is 6.07 Å². The highest BCUT2D eigenvalue weighted by atomic mass is 16.6. The second kappa shape index (κ2) is 7.17. The van der Waals surface area contributed by atoms with E-state index in [-0.39, 0.29) is 17.8 Å². The van der Waals surface area contributed by atoms with Crippen LogP contribution in [-0.4, -0.2) is 53.0 Å². The smallest absolute Gasteiger partial charge is 0.320 e. The number of nitrogens with one attached hydrogen (secondary N) is 1. The average Bonchev–Trinajstić information content (AvgIpc) is 3.21. The van der Waals surface area contributed by atoms with E-state index in [2.05, 4.69) is 10.2 Å². The first-order chi connectivity index (χ1) is 11.5. The molecule has 2 aliphatic heterocycles. The van der Waals surface area contributed by atoms with Gasteiger partial charge in [-0.15, -0.1) is 0 Å². The predicted octanol–water partition coefficient (Wildman–Crippen LogP) is 3.00. The van der Waals surface area contributed by atoms with Crippen molar-refractivity contribution in [3.8, 4) is 0 Å². The standard InChI is InChI=1S/C17H24N4O3/c1-13-6-7-14(21(23)24)11-16(13)18-17(22)20-10-4-5-15(20)12-19-8-2-3-9-19/h6-7,11,15H,2-5,8-10,12H2,1H3,(H,18,22)/t15-/m1/s1. The van der Waals surface area contributed by atoms with E-state index in [4.69, 9.17) is 0 Å². The Morgan fingerprint density at radius 1 is 1.29 bits per heavy atom. The highest BCUT2D eigenvalue weighted by Gasteiger charge is 2.31. The number of rotatable bonds is 4. The number of hydrogen-bond acceptors (Lipinski definition) is 4. The number of aryl methyl sites for hydroxylation is 1. The van der Waals surface area contributed by atoms with Crippen LogP contribution in [0.25, 0.3) is 0 Å². The van der Waals surface area contributed by atoms with Crippen LogP contribution in [0.2, 0.25) is 0 Å². The summed E-state index contributed by atoms with van der Waals surface area (Å²) in [4.78, 5) is 27.5. The molecule has 0 bridgehead atoms. The molecule has 0 radical (unpaired) electrons. The maximum Gasteiger partial charge on any atom is 0.322 e. The van der Waals surface area contributed by atoms with Crippen LogP contribution in [-0.2, 0) is 0 Å². The van der Waals surface area contributed by atoms with E-state index in [0.717, 1.165) is 44.6 Å². The third kappa shape index (κ3) is 3.67. The number of nitro groups is 1. The van der Waals surface area contributed by atoms with Crippen LogP contribution in [0.1, 0.15) is 31.2 Å².